The van der Waals surface area contributed by atoms with Crippen molar-refractivity contribution >= 4 is 23.5 Å². The molecule has 4 rings (SSSR count). The molecule has 176 valence electrons. The number of aryl methyl sites for hydroxylation is 3. The molecule has 1 aliphatic rings. The van der Waals surface area contributed by atoms with Crippen molar-refractivity contribution in [2.24, 2.45) is 0 Å². The number of hydrogen-bond donors (Lipinski definition) is 1. The predicted molar refractivity (Wildman–Crippen MR) is 135 cm³/mol. The lowest BCUT2D eigenvalue weighted by molar-refractivity contribution is 0.155. The first-order chi connectivity index (χ1) is 16.4. The van der Waals surface area contributed by atoms with Gasteiger partial charge in [0.1, 0.15) is 6.61 Å². The molecular weight excluding hydrogens is 426 g/mol. The third-order valence-corrected chi connectivity index (χ3v) is 6.14. The Morgan fingerprint density at radius 2 is 1.62 bits per heavy atom. The Hall–Kier alpha value is -3.80. The minimum absolute atomic E-state index is 0.00797. The molecule has 3 amide bonds. The lowest BCUT2D eigenvalue weighted by Crippen LogP contribution is -2.49. The van der Waals surface area contributed by atoms with Gasteiger partial charge >= 0.3 is 12.1 Å². The molecule has 0 unspecified atom stereocenters. The van der Waals surface area contributed by atoms with E-state index in [-0.39, 0.29) is 12.6 Å². The van der Waals surface area contributed by atoms with Gasteiger partial charge in [-0.25, -0.2) is 9.59 Å². The summed E-state index contributed by atoms with van der Waals surface area (Å²) < 4.78 is 5.27. The number of urea groups is 1. The Bertz CT molecular complexity index is 1140. The SMILES string of the molecule is Cc1cc(C)c(CN2CCCN(c3ccc(NC(=O)OCc4ccccc4)cc3)C2=O)c(C)c1. The van der Waals surface area contributed by atoms with E-state index in [9.17, 15) is 9.59 Å². The summed E-state index contributed by atoms with van der Waals surface area (Å²) in [6, 6.07) is 21.2. The van der Waals surface area contributed by atoms with E-state index < -0.39 is 6.09 Å². The molecule has 0 atom stereocenters. The first kappa shape index (κ1) is 23.4. The average molecular weight is 458 g/mol. The Balaban J connectivity index is 1.37. The van der Waals surface area contributed by atoms with E-state index in [0.717, 1.165) is 24.2 Å². The highest BCUT2D eigenvalue weighted by Gasteiger charge is 2.27. The van der Waals surface area contributed by atoms with Crippen LogP contribution in [-0.2, 0) is 17.9 Å². The first-order valence-electron chi connectivity index (χ1n) is 11.6. The van der Waals surface area contributed by atoms with E-state index in [1.807, 2.05) is 47.4 Å². The minimum Gasteiger partial charge on any atom is -0.444 e. The van der Waals surface area contributed by atoms with Crippen molar-refractivity contribution < 1.29 is 14.3 Å². The van der Waals surface area contributed by atoms with Gasteiger partial charge in [-0.2, -0.15) is 0 Å². The number of anilines is 2. The quantitative estimate of drug-likeness (QED) is 0.480. The number of hydrogen-bond acceptors (Lipinski definition) is 3. The van der Waals surface area contributed by atoms with Crippen molar-refractivity contribution in [1.29, 1.82) is 0 Å². The monoisotopic (exact) mass is 457 g/mol. The highest BCUT2D eigenvalue weighted by atomic mass is 16.5. The Kier molecular flexibility index (Phi) is 7.16. The molecule has 1 aliphatic heterocycles. The van der Waals surface area contributed by atoms with E-state index in [1.165, 1.54) is 22.3 Å². The summed E-state index contributed by atoms with van der Waals surface area (Å²) in [6.07, 6.45) is 0.391. The summed E-state index contributed by atoms with van der Waals surface area (Å²) >= 11 is 0. The second kappa shape index (κ2) is 10.4. The van der Waals surface area contributed by atoms with Gasteiger partial charge in [0.15, 0.2) is 0 Å². The fourth-order valence-corrected chi connectivity index (χ4v) is 4.42. The maximum Gasteiger partial charge on any atom is 0.411 e. The predicted octanol–water partition coefficient (Wildman–Crippen LogP) is 6.19. The van der Waals surface area contributed by atoms with Crippen LogP contribution in [0.25, 0.3) is 0 Å². The van der Waals surface area contributed by atoms with Crippen molar-refractivity contribution in [3.8, 4) is 0 Å². The number of rotatable bonds is 6. The van der Waals surface area contributed by atoms with Crippen molar-refractivity contribution in [2.75, 3.05) is 23.3 Å². The van der Waals surface area contributed by atoms with Crippen LogP contribution in [0.5, 0.6) is 0 Å². The molecule has 0 bridgehead atoms. The second-order valence-electron chi connectivity index (χ2n) is 8.82. The van der Waals surface area contributed by atoms with Crippen LogP contribution in [0.2, 0.25) is 0 Å². The van der Waals surface area contributed by atoms with Crippen molar-refractivity contribution in [1.82, 2.24) is 4.90 Å². The van der Waals surface area contributed by atoms with E-state index in [1.54, 1.807) is 17.0 Å². The second-order valence-corrected chi connectivity index (χ2v) is 8.82. The number of nitrogens with zero attached hydrogens (tertiary/aromatic N) is 2. The van der Waals surface area contributed by atoms with Crippen molar-refractivity contribution in [3.63, 3.8) is 0 Å². The molecule has 0 aromatic heterocycles. The van der Waals surface area contributed by atoms with Gasteiger partial charge < -0.3 is 9.64 Å². The highest BCUT2D eigenvalue weighted by Crippen LogP contribution is 2.25. The molecule has 1 saturated heterocycles. The van der Waals surface area contributed by atoms with Crippen molar-refractivity contribution in [3.05, 3.63) is 94.5 Å². The average Bonchev–Trinajstić information content (AvgIpc) is 2.82. The standard InChI is InChI=1S/C28H31N3O3/c1-20-16-21(2)26(22(3)17-20)18-30-14-7-15-31(28(30)33)25-12-10-24(11-13-25)29-27(32)34-19-23-8-5-4-6-9-23/h4-6,8-13,16-17H,7,14-15,18-19H2,1-3H3,(H,29,32). The highest BCUT2D eigenvalue weighted by molar-refractivity contribution is 5.93. The zero-order valence-corrected chi connectivity index (χ0v) is 20.0. The molecule has 0 radical (unpaired) electrons. The number of ether oxygens (including phenoxy) is 1. The molecule has 1 N–H and O–H groups in total. The van der Waals surface area contributed by atoms with Crippen LogP contribution in [0, 0.1) is 20.8 Å². The van der Waals surface area contributed by atoms with Crippen LogP contribution in [-0.4, -0.2) is 30.1 Å². The molecule has 34 heavy (non-hydrogen) atoms. The van der Waals surface area contributed by atoms with E-state index >= 15 is 0 Å². The van der Waals surface area contributed by atoms with Gasteiger partial charge in [-0.1, -0.05) is 48.0 Å². The lowest BCUT2D eigenvalue weighted by atomic mass is 9.99. The normalized spacial score (nSPS) is 13.7. The summed E-state index contributed by atoms with van der Waals surface area (Å²) in [5.41, 5.74) is 7.26. The molecule has 3 aromatic rings. The number of amides is 3. The van der Waals surface area contributed by atoms with Crippen LogP contribution < -0.4 is 10.2 Å². The number of benzene rings is 3. The molecule has 1 fully saturated rings. The van der Waals surface area contributed by atoms with Crippen molar-refractivity contribution in [2.45, 2.75) is 40.3 Å². The van der Waals surface area contributed by atoms with Crippen LogP contribution in [0.3, 0.4) is 0 Å². The number of carbonyl (C=O) groups excluding carboxylic acids is 2. The molecule has 0 aliphatic carbocycles. The van der Waals surface area contributed by atoms with Gasteiger partial charge in [-0.05, 0) is 73.7 Å². The van der Waals surface area contributed by atoms with Gasteiger partial charge in [0.2, 0.25) is 0 Å². The summed E-state index contributed by atoms with van der Waals surface area (Å²) in [5.74, 6) is 0. The third-order valence-electron chi connectivity index (χ3n) is 6.14. The Labute approximate surface area is 201 Å². The van der Waals surface area contributed by atoms with E-state index in [4.69, 9.17) is 4.74 Å². The van der Waals surface area contributed by atoms with Crippen LogP contribution in [0.1, 0.15) is 34.2 Å². The zero-order valence-electron chi connectivity index (χ0n) is 20.0. The summed E-state index contributed by atoms with van der Waals surface area (Å²) in [6.45, 7) is 8.56. The molecule has 3 aromatic carbocycles. The minimum atomic E-state index is -0.513. The van der Waals surface area contributed by atoms with Crippen LogP contribution >= 0.6 is 0 Å². The Morgan fingerprint density at radius 3 is 2.29 bits per heavy atom. The van der Waals surface area contributed by atoms with Gasteiger partial charge in [0, 0.05) is 31.0 Å². The maximum atomic E-state index is 13.3. The third kappa shape index (κ3) is 5.57. The van der Waals surface area contributed by atoms with E-state index in [0.29, 0.717) is 18.8 Å². The molecule has 0 spiro atoms. The molecule has 1 heterocycles. The topological polar surface area (TPSA) is 61.9 Å². The van der Waals surface area contributed by atoms with Gasteiger partial charge in [-0.3, -0.25) is 10.2 Å². The lowest BCUT2D eigenvalue weighted by Gasteiger charge is -2.36. The molecular formula is C28H31N3O3. The van der Waals surface area contributed by atoms with Crippen LogP contribution in [0.15, 0.2) is 66.7 Å². The first-order valence-corrected chi connectivity index (χ1v) is 11.6. The number of nitrogens with one attached hydrogen (secondary N) is 1. The van der Waals surface area contributed by atoms with Gasteiger partial charge in [0.25, 0.3) is 0 Å². The fraction of sp³-hybridized carbons (Fsp3) is 0.286. The number of carbonyl (C=O) groups is 2. The van der Waals surface area contributed by atoms with Gasteiger partial charge in [0.05, 0.1) is 0 Å². The smallest absolute Gasteiger partial charge is 0.411 e. The molecule has 6 heteroatoms. The largest absolute Gasteiger partial charge is 0.444 e. The molecule has 0 saturated carbocycles. The summed E-state index contributed by atoms with van der Waals surface area (Å²) in [5, 5.41) is 2.74. The Morgan fingerprint density at radius 1 is 0.941 bits per heavy atom. The van der Waals surface area contributed by atoms with Crippen LogP contribution in [0.4, 0.5) is 21.0 Å². The summed E-state index contributed by atoms with van der Waals surface area (Å²) in [7, 11) is 0. The fourth-order valence-electron chi connectivity index (χ4n) is 4.42. The zero-order chi connectivity index (χ0) is 24.1. The van der Waals surface area contributed by atoms with E-state index in [2.05, 4.69) is 38.2 Å². The van der Waals surface area contributed by atoms with Gasteiger partial charge in [-0.15, -0.1) is 0 Å². The molecule has 6 nitrogen and oxygen atoms in total. The summed E-state index contributed by atoms with van der Waals surface area (Å²) in [4.78, 5) is 29.1. The maximum absolute atomic E-state index is 13.3.